The summed E-state index contributed by atoms with van der Waals surface area (Å²) in [5.41, 5.74) is -0.247. The minimum absolute atomic E-state index is 0.247. The maximum absolute atomic E-state index is 11.0. The number of aromatic amines is 2. The average molecular weight is 359 g/mol. The highest BCUT2D eigenvalue weighted by atomic mass is 32.1. The summed E-state index contributed by atoms with van der Waals surface area (Å²) in [6.45, 7) is 4.74. The number of rotatable bonds is 5. The van der Waals surface area contributed by atoms with Crippen LogP contribution in [0.3, 0.4) is 0 Å². The normalized spacial score (nSPS) is 16.0. The molecule has 0 amide bonds. The Morgan fingerprint density at radius 1 is 1.36 bits per heavy atom. The first-order valence-corrected chi connectivity index (χ1v) is 9.41. The van der Waals surface area contributed by atoms with Crippen LogP contribution < -0.4 is 15.9 Å². The SMILES string of the molecule is Cc1nc(N2CCC(NCCc3n[nH]c(=O)[nH]3)CC2)c2ccsc2n1. The van der Waals surface area contributed by atoms with Crippen molar-refractivity contribution in [3.05, 3.63) is 33.6 Å². The average Bonchev–Trinajstić information content (AvgIpc) is 3.23. The Labute approximate surface area is 148 Å². The summed E-state index contributed by atoms with van der Waals surface area (Å²) in [6, 6.07) is 2.60. The highest BCUT2D eigenvalue weighted by molar-refractivity contribution is 7.16. The third-order valence-electron chi connectivity index (χ3n) is 4.56. The molecule has 0 saturated carbocycles. The molecule has 4 heterocycles. The summed E-state index contributed by atoms with van der Waals surface area (Å²) in [4.78, 5) is 26.3. The highest BCUT2D eigenvalue weighted by Crippen LogP contribution is 2.29. The summed E-state index contributed by atoms with van der Waals surface area (Å²) >= 11 is 1.67. The predicted molar refractivity (Wildman–Crippen MR) is 98.3 cm³/mol. The smallest absolute Gasteiger partial charge is 0.340 e. The quantitative estimate of drug-likeness (QED) is 0.633. The number of nitrogens with zero attached hydrogens (tertiary/aromatic N) is 4. The Morgan fingerprint density at radius 3 is 2.96 bits per heavy atom. The fourth-order valence-corrected chi connectivity index (χ4v) is 4.10. The zero-order chi connectivity index (χ0) is 17.2. The number of thiophene rings is 1. The third kappa shape index (κ3) is 3.57. The molecule has 25 heavy (non-hydrogen) atoms. The largest absolute Gasteiger partial charge is 0.356 e. The van der Waals surface area contributed by atoms with Crippen LogP contribution in [-0.4, -0.2) is 50.8 Å². The summed E-state index contributed by atoms with van der Waals surface area (Å²) in [7, 11) is 0. The van der Waals surface area contributed by atoms with Crippen molar-refractivity contribution in [1.29, 1.82) is 0 Å². The molecular weight excluding hydrogens is 338 g/mol. The Kier molecular flexibility index (Phi) is 4.50. The number of H-pyrrole nitrogens is 2. The van der Waals surface area contributed by atoms with Gasteiger partial charge in [0.25, 0.3) is 0 Å². The third-order valence-corrected chi connectivity index (χ3v) is 5.36. The molecule has 1 saturated heterocycles. The molecule has 132 valence electrons. The second-order valence-electron chi connectivity index (χ2n) is 6.32. The van der Waals surface area contributed by atoms with E-state index in [1.54, 1.807) is 11.3 Å². The van der Waals surface area contributed by atoms with Crippen LogP contribution in [0.1, 0.15) is 24.5 Å². The number of aryl methyl sites for hydroxylation is 1. The van der Waals surface area contributed by atoms with E-state index in [2.05, 4.69) is 46.8 Å². The van der Waals surface area contributed by atoms with Crippen molar-refractivity contribution >= 4 is 27.4 Å². The van der Waals surface area contributed by atoms with E-state index in [4.69, 9.17) is 0 Å². The van der Waals surface area contributed by atoms with Gasteiger partial charge in [-0.05, 0) is 31.2 Å². The highest BCUT2D eigenvalue weighted by Gasteiger charge is 2.22. The zero-order valence-corrected chi connectivity index (χ0v) is 14.9. The van der Waals surface area contributed by atoms with E-state index < -0.39 is 0 Å². The molecule has 0 radical (unpaired) electrons. The fourth-order valence-electron chi connectivity index (χ4n) is 3.30. The standard InChI is InChI=1S/C16H21N7OS/c1-10-18-14(12-5-9-25-15(12)19-10)23-7-3-11(4-8-23)17-6-2-13-20-16(24)22-21-13/h5,9,11,17H,2-4,6-8H2,1H3,(H2,20,21,22,24). The molecule has 0 bridgehead atoms. The molecule has 0 atom stereocenters. The lowest BCUT2D eigenvalue weighted by atomic mass is 10.0. The van der Waals surface area contributed by atoms with Crippen LogP contribution in [0.15, 0.2) is 16.2 Å². The van der Waals surface area contributed by atoms with Crippen LogP contribution in [0, 0.1) is 6.92 Å². The van der Waals surface area contributed by atoms with Crippen molar-refractivity contribution in [1.82, 2.24) is 30.5 Å². The van der Waals surface area contributed by atoms with Gasteiger partial charge in [0.15, 0.2) is 0 Å². The number of anilines is 1. The molecular formula is C16H21N7OS. The number of piperidine rings is 1. The van der Waals surface area contributed by atoms with Crippen LogP contribution in [0.2, 0.25) is 0 Å². The first-order chi connectivity index (χ1) is 12.2. The number of hydrogen-bond acceptors (Lipinski definition) is 7. The summed E-state index contributed by atoms with van der Waals surface area (Å²) < 4.78 is 0. The summed E-state index contributed by atoms with van der Waals surface area (Å²) in [6.07, 6.45) is 2.87. The minimum Gasteiger partial charge on any atom is -0.356 e. The van der Waals surface area contributed by atoms with Crippen molar-refractivity contribution in [2.24, 2.45) is 0 Å². The molecule has 0 unspecified atom stereocenters. The van der Waals surface area contributed by atoms with Crippen molar-refractivity contribution in [3.8, 4) is 0 Å². The first kappa shape index (κ1) is 16.2. The van der Waals surface area contributed by atoms with Crippen LogP contribution in [0.5, 0.6) is 0 Å². The number of nitrogens with one attached hydrogen (secondary N) is 3. The van der Waals surface area contributed by atoms with Crippen LogP contribution in [0.4, 0.5) is 5.82 Å². The first-order valence-electron chi connectivity index (χ1n) is 8.53. The molecule has 1 fully saturated rings. The van der Waals surface area contributed by atoms with E-state index in [9.17, 15) is 4.79 Å². The topological polar surface area (TPSA) is 103 Å². The molecule has 3 aromatic heterocycles. The van der Waals surface area contributed by atoms with Crippen molar-refractivity contribution in [3.63, 3.8) is 0 Å². The van der Waals surface area contributed by atoms with Crippen LogP contribution in [-0.2, 0) is 6.42 Å². The summed E-state index contributed by atoms with van der Waals surface area (Å²) in [5.74, 6) is 2.60. The molecule has 3 aromatic rings. The molecule has 1 aliphatic rings. The summed E-state index contributed by atoms with van der Waals surface area (Å²) in [5, 5.41) is 13.1. The van der Waals surface area contributed by atoms with E-state index in [0.29, 0.717) is 11.9 Å². The minimum atomic E-state index is -0.247. The molecule has 0 aliphatic carbocycles. The molecule has 9 heteroatoms. The predicted octanol–water partition coefficient (Wildman–Crippen LogP) is 1.21. The lowest BCUT2D eigenvalue weighted by Crippen LogP contribution is -2.43. The monoisotopic (exact) mass is 359 g/mol. The van der Waals surface area contributed by atoms with Gasteiger partial charge in [-0.2, -0.15) is 5.10 Å². The number of fused-ring (bicyclic) bond motifs is 1. The molecule has 0 spiro atoms. The van der Waals surface area contributed by atoms with Crippen molar-refractivity contribution < 1.29 is 0 Å². The van der Waals surface area contributed by atoms with Gasteiger partial charge < -0.3 is 10.2 Å². The van der Waals surface area contributed by atoms with E-state index in [-0.39, 0.29) is 5.69 Å². The van der Waals surface area contributed by atoms with Gasteiger partial charge in [-0.15, -0.1) is 11.3 Å². The Morgan fingerprint density at radius 2 is 2.20 bits per heavy atom. The zero-order valence-electron chi connectivity index (χ0n) is 14.1. The van der Waals surface area contributed by atoms with Crippen LogP contribution in [0.25, 0.3) is 10.2 Å². The maximum atomic E-state index is 11.0. The van der Waals surface area contributed by atoms with Gasteiger partial charge in [-0.1, -0.05) is 0 Å². The molecule has 8 nitrogen and oxygen atoms in total. The Balaban J connectivity index is 1.33. The van der Waals surface area contributed by atoms with E-state index in [1.807, 2.05) is 6.92 Å². The second kappa shape index (κ2) is 6.93. The molecule has 3 N–H and O–H groups in total. The molecule has 1 aliphatic heterocycles. The van der Waals surface area contributed by atoms with Crippen molar-refractivity contribution in [2.45, 2.75) is 32.2 Å². The van der Waals surface area contributed by atoms with E-state index >= 15 is 0 Å². The second-order valence-corrected chi connectivity index (χ2v) is 7.22. The van der Waals surface area contributed by atoms with E-state index in [0.717, 1.165) is 60.8 Å². The lowest BCUT2D eigenvalue weighted by molar-refractivity contribution is 0.415. The lowest BCUT2D eigenvalue weighted by Gasteiger charge is -2.33. The Hall–Kier alpha value is -2.26. The fraction of sp³-hybridized carbons (Fsp3) is 0.500. The van der Waals surface area contributed by atoms with Gasteiger partial charge in [-0.3, -0.25) is 4.98 Å². The van der Waals surface area contributed by atoms with Crippen LogP contribution >= 0.6 is 11.3 Å². The van der Waals surface area contributed by atoms with Gasteiger partial charge in [-0.25, -0.2) is 19.9 Å². The van der Waals surface area contributed by atoms with Crippen molar-refractivity contribution in [2.75, 3.05) is 24.5 Å². The van der Waals surface area contributed by atoms with E-state index in [1.165, 1.54) is 0 Å². The number of aromatic nitrogens is 5. The molecule has 4 rings (SSSR count). The van der Waals surface area contributed by atoms with Gasteiger partial charge in [0.1, 0.15) is 22.3 Å². The van der Waals surface area contributed by atoms with Gasteiger partial charge in [0, 0.05) is 32.1 Å². The van der Waals surface area contributed by atoms with Gasteiger partial charge in [0.05, 0.1) is 5.39 Å². The van der Waals surface area contributed by atoms with Gasteiger partial charge in [0.2, 0.25) is 0 Å². The number of hydrogen-bond donors (Lipinski definition) is 3. The maximum Gasteiger partial charge on any atom is 0.340 e. The Bertz CT molecular complexity index is 906. The molecule has 0 aromatic carbocycles. The van der Waals surface area contributed by atoms with Gasteiger partial charge >= 0.3 is 5.69 Å².